The molecule has 0 aromatic heterocycles. The Morgan fingerprint density at radius 1 is 1.47 bits per heavy atom. The van der Waals surface area contributed by atoms with Gasteiger partial charge in [-0.2, -0.15) is 0 Å². The number of rotatable bonds is 2. The molecule has 15 heavy (non-hydrogen) atoms. The highest BCUT2D eigenvalue weighted by atomic mass is 79.9. The van der Waals surface area contributed by atoms with Gasteiger partial charge in [0, 0.05) is 5.54 Å². The third kappa shape index (κ3) is 2.08. The Morgan fingerprint density at radius 3 is 2.60 bits per heavy atom. The zero-order valence-electron chi connectivity index (χ0n) is 9.03. The van der Waals surface area contributed by atoms with Crippen molar-refractivity contribution in [2.75, 3.05) is 0 Å². The fourth-order valence-electron chi connectivity index (χ4n) is 1.81. The lowest BCUT2D eigenvalue weighted by molar-refractivity contribution is 0.574. The molecule has 0 aliphatic heterocycles. The highest BCUT2D eigenvalue weighted by Crippen LogP contribution is 2.38. The molecule has 1 nitrogen and oxygen atoms in total. The van der Waals surface area contributed by atoms with Crippen LogP contribution in [0.15, 0.2) is 10.5 Å². The summed E-state index contributed by atoms with van der Waals surface area (Å²) in [6.45, 7) is 3.96. The van der Waals surface area contributed by atoms with Gasteiger partial charge in [0.25, 0.3) is 0 Å². The molecule has 1 aliphatic rings. The molecule has 0 saturated heterocycles. The molecule has 1 saturated carbocycles. The fraction of sp³-hybridized carbons (Fsp3) is 0.500. The van der Waals surface area contributed by atoms with Gasteiger partial charge in [-0.3, -0.25) is 0 Å². The van der Waals surface area contributed by atoms with E-state index in [1.807, 2.05) is 19.9 Å². The van der Waals surface area contributed by atoms with Crippen LogP contribution in [0.5, 0.6) is 0 Å². The summed E-state index contributed by atoms with van der Waals surface area (Å²) in [6.07, 6.45) is 2.68. The molecule has 0 heterocycles. The van der Waals surface area contributed by atoms with Crippen LogP contribution in [-0.4, -0.2) is 5.54 Å². The lowest BCUT2D eigenvalue weighted by atomic mass is 9.96. The Morgan fingerprint density at radius 2 is 2.07 bits per heavy atom. The van der Waals surface area contributed by atoms with Crippen LogP contribution >= 0.6 is 15.9 Å². The molecule has 0 unspecified atom stereocenters. The van der Waals surface area contributed by atoms with Crippen LogP contribution in [0.3, 0.4) is 0 Å². The molecule has 2 N–H and O–H groups in total. The molecule has 1 aliphatic carbocycles. The Kier molecular flexibility index (Phi) is 2.63. The minimum Gasteiger partial charge on any atom is -0.325 e. The van der Waals surface area contributed by atoms with Crippen molar-refractivity contribution in [2.45, 2.75) is 38.6 Å². The van der Waals surface area contributed by atoms with Crippen LogP contribution in [0.4, 0.5) is 4.39 Å². The summed E-state index contributed by atoms with van der Waals surface area (Å²) in [7, 11) is 0. The average molecular weight is 272 g/mol. The van der Waals surface area contributed by atoms with E-state index in [4.69, 9.17) is 5.73 Å². The van der Waals surface area contributed by atoms with Gasteiger partial charge >= 0.3 is 0 Å². The lowest BCUT2D eigenvalue weighted by Gasteiger charge is -2.15. The van der Waals surface area contributed by atoms with Crippen molar-refractivity contribution in [1.82, 2.24) is 0 Å². The van der Waals surface area contributed by atoms with Crippen molar-refractivity contribution in [1.29, 1.82) is 0 Å². The maximum Gasteiger partial charge on any atom is 0.140 e. The van der Waals surface area contributed by atoms with E-state index in [9.17, 15) is 4.39 Å². The molecule has 82 valence electrons. The van der Waals surface area contributed by atoms with Gasteiger partial charge in [-0.1, -0.05) is 0 Å². The van der Waals surface area contributed by atoms with Crippen LogP contribution in [0.2, 0.25) is 0 Å². The van der Waals surface area contributed by atoms with Gasteiger partial charge in [-0.05, 0) is 71.8 Å². The first-order valence-corrected chi connectivity index (χ1v) is 5.95. The van der Waals surface area contributed by atoms with E-state index in [2.05, 4.69) is 15.9 Å². The number of halogens is 2. The van der Waals surface area contributed by atoms with Crippen LogP contribution < -0.4 is 5.73 Å². The van der Waals surface area contributed by atoms with Crippen LogP contribution in [0, 0.1) is 19.7 Å². The van der Waals surface area contributed by atoms with Gasteiger partial charge in [-0.25, -0.2) is 4.39 Å². The van der Waals surface area contributed by atoms with Crippen LogP contribution in [0.1, 0.15) is 29.5 Å². The zero-order chi connectivity index (χ0) is 11.2. The van der Waals surface area contributed by atoms with E-state index in [-0.39, 0.29) is 11.4 Å². The first kappa shape index (κ1) is 11.1. The third-order valence-corrected chi connectivity index (χ3v) is 3.86. The minimum absolute atomic E-state index is 0.140. The predicted octanol–water partition coefficient (Wildman–Crippen LogP) is 3.24. The third-order valence-electron chi connectivity index (χ3n) is 3.28. The summed E-state index contributed by atoms with van der Waals surface area (Å²) in [5.74, 6) is -0.144. The summed E-state index contributed by atoms with van der Waals surface area (Å²) < 4.78 is 14.4. The molecule has 3 heteroatoms. The molecule has 0 radical (unpaired) electrons. The summed E-state index contributed by atoms with van der Waals surface area (Å²) in [4.78, 5) is 0. The van der Waals surface area contributed by atoms with E-state index in [0.29, 0.717) is 10.9 Å². The van der Waals surface area contributed by atoms with Gasteiger partial charge in [0.15, 0.2) is 0 Å². The normalized spacial score (nSPS) is 17.9. The molecule has 0 atom stereocenters. The topological polar surface area (TPSA) is 26.0 Å². The molecule has 1 aromatic carbocycles. The smallest absolute Gasteiger partial charge is 0.140 e. The number of nitrogens with two attached hydrogens (primary N) is 1. The second-order valence-corrected chi connectivity index (χ2v) is 5.49. The summed E-state index contributed by atoms with van der Waals surface area (Å²) in [5.41, 5.74) is 8.82. The highest BCUT2D eigenvalue weighted by Gasteiger charge is 2.39. The Labute approximate surface area is 98.0 Å². The average Bonchev–Trinajstić information content (AvgIpc) is 2.89. The van der Waals surface area contributed by atoms with Crippen molar-refractivity contribution in [2.24, 2.45) is 5.73 Å². The highest BCUT2D eigenvalue weighted by molar-refractivity contribution is 9.10. The number of hydrogen-bond acceptors (Lipinski definition) is 1. The minimum atomic E-state index is -0.144. The van der Waals surface area contributed by atoms with Gasteiger partial charge in [-0.15, -0.1) is 0 Å². The SMILES string of the molecule is Cc1cc(Br)c(F)c(CC2(N)CC2)c1C. The Hall–Kier alpha value is -0.410. The molecular weight excluding hydrogens is 257 g/mol. The summed E-state index contributed by atoms with van der Waals surface area (Å²) in [5, 5.41) is 0. The monoisotopic (exact) mass is 271 g/mol. The largest absolute Gasteiger partial charge is 0.325 e. The van der Waals surface area contributed by atoms with E-state index >= 15 is 0 Å². The lowest BCUT2D eigenvalue weighted by Crippen LogP contribution is -2.25. The molecule has 1 fully saturated rings. The Balaban J connectivity index is 2.44. The summed E-state index contributed by atoms with van der Waals surface area (Å²) >= 11 is 3.24. The van der Waals surface area contributed by atoms with Crippen molar-refractivity contribution in [3.63, 3.8) is 0 Å². The standard InChI is InChI=1S/C12H15BrFN/c1-7-5-10(13)11(14)9(8(7)2)6-12(15)3-4-12/h5H,3-4,6,15H2,1-2H3. The second kappa shape index (κ2) is 3.56. The van der Waals surface area contributed by atoms with Crippen LogP contribution in [-0.2, 0) is 6.42 Å². The predicted molar refractivity (Wildman–Crippen MR) is 63.4 cm³/mol. The molecule has 0 bridgehead atoms. The van der Waals surface area contributed by atoms with E-state index in [1.165, 1.54) is 0 Å². The van der Waals surface area contributed by atoms with E-state index < -0.39 is 0 Å². The zero-order valence-corrected chi connectivity index (χ0v) is 10.6. The van der Waals surface area contributed by atoms with E-state index in [0.717, 1.165) is 29.5 Å². The fourth-order valence-corrected chi connectivity index (χ4v) is 2.39. The first-order chi connectivity index (χ1) is 6.93. The van der Waals surface area contributed by atoms with Gasteiger partial charge < -0.3 is 5.73 Å². The molecular formula is C12H15BrFN. The molecule has 2 rings (SSSR count). The Bertz CT molecular complexity index is 384. The molecule has 0 amide bonds. The number of benzene rings is 1. The maximum absolute atomic E-state index is 13.9. The van der Waals surface area contributed by atoms with Crippen LogP contribution in [0.25, 0.3) is 0 Å². The van der Waals surface area contributed by atoms with Crippen molar-refractivity contribution >= 4 is 15.9 Å². The maximum atomic E-state index is 13.9. The van der Waals surface area contributed by atoms with Crippen molar-refractivity contribution in [3.8, 4) is 0 Å². The van der Waals surface area contributed by atoms with Crippen molar-refractivity contribution < 1.29 is 4.39 Å². The van der Waals surface area contributed by atoms with Gasteiger partial charge in [0.2, 0.25) is 0 Å². The number of aryl methyl sites for hydroxylation is 1. The van der Waals surface area contributed by atoms with Gasteiger partial charge in [0.05, 0.1) is 4.47 Å². The molecule has 1 aromatic rings. The van der Waals surface area contributed by atoms with Crippen molar-refractivity contribution in [3.05, 3.63) is 33.0 Å². The van der Waals surface area contributed by atoms with E-state index in [1.54, 1.807) is 0 Å². The second-order valence-electron chi connectivity index (χ2n) is 4.63. The first-order valence-electron chi connectivity index (χ1n) is 5.16. The van der Waals surface area contributed by atoms with Gasteiger partial charge in [0.1, 0.15) is 5.82 Å². The quantitative estimate of drug-likeness (QED) is 0.878. The summed E-state index contributed by atoms with van der Waals surface area (Å²) in [6, 6.07) is 1.82. The number of hydrogen-bond donors (Lipinski definition) is 1. The molecule has 0 spiro atoms.